The summed E-state index contributed by atoms with van der Waals surface area (Å²) in [5, 5.41) is 3.64. The second-order valence-electron chi connectivity index (χ2n) is 7.74. The molecule has 1 aliphatic rings. The SMILES string of the molecule is CC(C)n1c(NCCC2(N(C)C)CCCCC2)nc2ccccc21. The van der Waals surface area contributed by atoms with Gasteiger partial charge in [-0.15, -0.1) is 0 Å². The molecular weight excluding hydrogens is 296 g/mol. The van der Waals surface area contributed by atoms with Gasteiger partial charge in [0.15, 0.2) is 0 Å². The summed E-state index contributed by atoms with van der Waals surface area (Å²) in [5.41, 5.74) is 2.66. The van der Waals surface area contributed by atoms with Gasteiger partial charge in [-0.25, -0.2) is 4.98 Å². The van der Waals surface area contributed by atoms with E-state index in [1.54, 1.807) is 0 Å². The van der Waals surface area contributed by atoms with Crippen LogP contribution < -0.4 is 5.32 Å². The highest BCUT2D eigenvalue weighted by atomic mass is 15.2. The van der Waals surface area contributed by atoms with Crippen LogP contribution in [0, 0.1) is 0 Å². The first-order chi connectivity index (χ1) is 11.5. The first kappa shape index (κ1) is 17.3. The smallest absolute Gasteiger partial charge is 0.204 e. The minimum atomic E-state index is 0.361. The first-order valence-electron chi connectivity index (χ1n) is 9.42. The van der Waals surface area contributed by atoms with Gasteiger partial charge in [-0.1, -0.05) is 31.4 Å². The third-order valence-electron chi connectivity index (χ3n) is 5.72. The molecule has 4 heteroatoms. The Labute approximate surface area is 146 Å². The monoisotopic (exact) mass is 328 g/mol. The van der Waals surface area contributed by atoms with E-state index in [1.807, 2.05) is 0 Å². The Kier molecular flexibility index (Phi) is 5.14. The first-order valence-corrected chi connectivity index (χ1v) is 9.42. The lowest BCUT2D eigenvalue weighted by Gasteiger charge is -2.43. The van der Waals surface area contributed by atoms with Crippen molar-refractivity contribution in [3.8, 4) is 0 Å². The summed E-state index contributed by atoms with van der Waals surface area (Å²) >= 11 is 0. The van der Waals surface area contributed by atoms with Gasteiger partial charge in [-0.05, 0) is 59.3 Å². The molecule has 2 aromatic rings. The zero-order valence-electron chi connectivity index (χ0n) is 15.7. The molecule has 3 rings (SSSR count). The molecule has 1 aliphatic carbocycles. The predicted octanol–water partition coefficient (Wildman–Crippen LogP) is 4.68. The average Bonchev–Trinajstić information content (AvgIpc) is 2.94. The number of para-hydroxylation sites is 2. The van der Waals surface area contributed by atoms with Crippen LogP contribution in [-0.4, -0.2) is 40.6 Å². The summed E-state index contributed by atoms with van der Waals surface area (Å²) in [7, 11) is 4.49. The maximum atomic E-state index is 4.82. The molecule has 132 valence electrons. The molecule has 0 radical (unpaired) electrons. The summed E-state index contributed by atoms with van der Waals surface area (Å²) in [4.78, 5) is 7.28. The summed E-state index contributed by atoms with van der Waals surface area (Å²) in [5.74, 6) is 1.01. The molecule has 0 saturated heterocycles. The molecule has 24 heavy (non-hydrogen) atoms. The Balaban J connectivity index is 1.74. The van der Waals surface area contributed by atoms with Crippen molar-refractivity contribution in [2.24, 2.45) is 0 Å². The Morgan fingerprint density at radius 1 is 1.17 bits per heavy atom. The van der Waals surface area contributed by atoms with Crippen molar-refractivity contribution >= 4 is 17.0 Å². The molecule has 0 atom stereocenters. The van der Waals surface area contributed by atoms with E-state index in [-0.39, 0.29) is 0 Å². The fraction of sp³-hybridized carbons (Fsp3) is 0.650. The Morgan fingerprint density at radius 2 is 1.88 bits per heavy atom. The van der Waals surface area contributed by atoms with Crippen LogP contribution in [0.25, 0.3) is 11.0 Å². The van der Waals surface area contributed by atoms with Crippen LogP contribution in [0.5, 0.6) is 0 Å². The molecule has 1 aromatic heterocycles. The molecule has 0 spiro atoms. The lowest BCUT2D eigenvalue weighted by atomic mass is 9.78. The van der Waals surface area contributed by atoms with Crippen LogP contribution in [-0.2, 0) is 0 Å². The number of fused-ring (bicyclic) bond motifs is 1. The van der Waals surface area contributed by atoms with E-state index in [4.69, 9.17) is 4.98 Å². The molecule has 1 saturated carbocycles. The quantitative estimate of drug-likeness (QED) is 0.835. The number of hydrogen-bond donors (Lipinski definition) is 1. The highest BCUT2D eigenvalue weighted by Crippen LogP contribution is 2.35. The van der Waals surface area contributed by atoms with Crippen LogP contribution in [0.4, 0.5) is 5.95 Å². The number of rotatable bonds is 6. The maximum Gasteiger partial charge on any atom is 0.204 e. The van der Waals surface area contributed by atoms with Gasteiger partial charge in [-0.3, -0.25) is 0 Å². The third-order valence-corrected chi connectivity index (χ3v) is 5.72. The fourth-order valence-corrected chi connectivity index (χ4v) is 4.23. The van der Waals surface area contributed by atoms with Gasteiger partial charge in [0, 0.05) is 18.1 Å². The standard InChI is InChI=1S/C20H32N4/c1-16(2)24-18-11-7-6-10-17(18)22-19(24)21-15-14-20(23(3)4)12-8-5-9-13-20/h6-7,10-11,16H,5,8-9,12-15H2,1-4H3,(H,21,22). The van der Waals surface area contributed by atoms with Crippen LogP contribution >= 0.6 is 0 Å². The van der Waals surface area contributed by atoms with Crippen LogP contribution in [0.2, 0.25) is 0 Å². The molecule has 0 amide bonds. The van der Waals surface area contributed by atoms with E-state index in [1.165, 1.54) is 44.0 Å². The van der Waals surface area contributed by atoms with Gasteiger partial charge < -0.3 is 14.8 Å². The molecule has 1 heterocycles. The molecule has 0 unspecified atom stereocenters. The van der Waals surface area contributed by atoms with E-state index >= 15 is 0 Å². The lowest BCUT2D eigenvalue weighted by molar-refractivity contribution is 0.0941. The number of anilines is 1. The molecule has 1 fully saturated rings. The van der Waals surface area contributed by atoms with Crippen molar-refractivity contribution in [3.63, 3.8) is 0 Å². The fourth-order valence-electron chi connectivity index (χ4n) is 4.23. The lowest BCUT2D eigenvalue weighted by Crippen LogP contribution is -2.47. The number of hydrogen-bond acceptors (Lipinski definition) is 3. The molecule has 1 N–H and O–H groups in total. The van der Waals surface area contributed by atoms with E-state index in [0.717, 1.165) is 18.0 Å². The Hall–Kier alpha value is -1.55. The van der Waals surface area contributed by atoms with Crippen molar-refractivity contribution in [1.82, 2.24) is 14.5 Å². The van der Waals surface area contributed by atoms with Crippen molar-refractivity contribution in [2.75, 3.05) is 26.0 Å². The number of aromatic nitrogens is 2. The zero-order chi connectivity index (χ0) is 17.2. The molecule has 0 aliphatic heterocycles. The van der Waals surface area contributed by atoms with Gasteiger partial charge in [0.25, 0.3) is 0 Å². The predicted molar refractivity (Wildman–Crippen MR) is 103 cm³/mol. The highest BCUT2D eigenvalue weighted by Gasteiger charge is 2.33. The number of benzene rings is 1. The molecule has 0 bridgehead atoms. The summed E-state index contributed by atoms with van der Waals surface area (Å²) in [6.45, 7) is 5.43. The zero-order valence-corrected chi connectivity index (χ0v) is 15.7. The van der Waals surface area contributed by atoms with Crippen LogP contribution in [0.15, 0.2) is 24.3 Å². The summed E-state index contributed by atoms with van der Waals surface area (Å²) in [6.07, 6.45) is 7.95. The second kappa shape index (κ2) is 7.14. The van der Waals surface area contributed by atoms with Gasteiger partial charge in [-0.2, -0.15) is 0 Å². The minimum Gasteiger partial charge on any atom is -0.356 e. The molecule has 4 nitrogen and oxygen atoms in total. The summed E-state index contributed by atoms with van der Waals surface area (Å²) < 4.78 is 2.32. The second-order valence-corrected chi connectivity index (χ2v) is 7.74. The van der Waals surface area contributed by atoms with Gasteiger partial charge in [0.1, 0.15) is 0 Å². The Bertz CT molecular complexity index is 665. The van der Waals surface area contributed by atoms with Crippen molar-refractivity contribution < 1.29 is 0 Å². The van der Waals surface area contributed by atoms with Crippen molar-refractivity contribution in [3.05, 3.63) is 24.3 Å². The molecular formula is C20H32N4. The minimum absolute atomic E-state index is 0.361. The number of imidazole rings is 1. The van der Waals surface area contributed by atoms with E-state index in [0.29, 0.717) is 11.6 Å². The van der Waals surface area contributed by atoms with E-state index in [9.17, 15) is 0 Å². The van der Waals surface area contributed by atoms with Gasteiger partial charge >= 0.3 is 0 Å². The third kappa shape index (κ3) is 3.30. The number of nitrogens with zero attached hydrogens (tertiary/aromatic N) is 3. The normalized spacial score (nSPS) is 17.8. The van der Waals surface area contributed by atoms with E-state index < -0.39 is 0 Å². The number of nitrogens with one attached hydrogen (secondary N) is 1. The van der Waals surface area contributed by atoms with Crippen molar-refractivity contribution in [2.45, 2.75) is 64.0 Å². The topological polar surface area (TPSA) is 33.1 Å². The van der Waals surface area contributed by atoms with E-state index in [2.05, 4.69) is 67.0 Å². The Morgan fingerprint density at radius 3 is 2.54 bits per heavy atom. The van der Waals surface area contributed by atoms with Crippen molar-refractivity contribution in [1.29, 1.82) is 0 Å². The molecule has 1 aromatic carbocycles. The summed E-state index contributed by atoms with van der Waals surface area (Å²) in [6, 6.07) is 8.82. The van der Waals surface area contributed by atoms with Gasteiger partial charge in [0.2, 0.25) is 5.95 Å². The van der Waals surface area contributed by atoms with Crippen LogP contribution in [0.3, 0.4) is 0 Å². The largest absolute Gasteiger partial charge is 0.356 e. The van der Waals surface area contributed by atoms with Crippen LogP contribution in [0.1, 0.15) is 58.4 Å². The van der Waals surface area contributed by atoms with Gasteiger partial charge in [0.05, 0.1) is 11.0 Å². The maximum absolute atomic E-state index is 4.82. The highest BCUT2D eigenvalue weighted by molar-refractivity contribution is 5.78. The average molecular weight is 329 g/mol.